The van der Waals surface area contributed by atoms with Gasteiger partial charge in [0.1, 0.15) is 6.61 Å². The Morgan fingerprint density at radius 2 is 2.17 bits per heavy atom. The van der Waals surface area contributed by atoms with Crippen LogP contribution in [-0.2, 0) is 17.6 Å². The normalized spacial score (nSPS) is 12.0. The molecular weight excluding hydrogens is 265 g/mol. The van der Waals surface area contributed by atoms with E-state index in [9.17, 15) is 13.2 Å². The first-order chi connectivity index (χ1) is 8.51. The van der Waals surface area contributed by atoms with Gasteiger partial charge in [-0.05, 0) is 6.54 Å². The van der Waals surface area contributed by atoms with Crippen molar-refractivity contribution in [3.05, 3.63) is 16.1 Å². The number of aromatic nitrogens is 1. The number of ether oxygens (including phenoxy) is 1. The fraction of sp³-hybridized carbons (Fsp3) is 0.727. The summed E-state index contributed by atoms with van der Waals surface area (Å²) in [5.41, 5.74) is 0.978. The average Bonchev–Trinajstić information content (AvgIpc) is 2.72. The molecule has 1 heterocycles. The van der Waals surface area contributed by atoms with Crippen molar-refractivity contribution in [1.29, 1.82) is 0 Å². The molecule has 1 aromatic heterocycles. The average molecular weight is 282 g/mol. The minimum atomic E-state index is -4.25. The van der Waals surface area contributed by atoms with Gasteiger partial charge in [0.05, 0.1) is 17.3 Å². The maximum absolute atomic E-state index is 11.8. The van der Waals surface area contributed by atoms with Crippen LogP contribution in [0.15, 0.2) is 5.38 Å². The zero-order valence-electron chi connectivity index (χ0n) is 10.2. The van der Waals surface area contributed by atoms with E-state index in [1.54, 1.807) is 0 Å². The van der Waals surface area contributed by atoms with E-state index in [1.807, 2.05) is 12.3 Å². The monoisotopic (exact) mass is 282 g/mol. The van der Waals surface area contributed by atoms with Gasteiger partial charge in [-0.3, -0.25) is 0 Å². The van der Waals surface area contributed by atoms with E-state index in [2.05, 4.69) is 15.0 Å². The van der Waals surface area contributed by atoms with E-state index in [0.29, 0.717) is 6.42 Å². The predicted octanol–water partition coefficient (Wildman–Crippen LogP) is 2.42. The topological polar surface area (TPSA) is 34.1 Å². The summed E-state index contributed by atoms with van der Waals surface area (Å²) in [6.45, 7) is 2.68. The van der Waals surface area contributed by atoms with Crippen LogP contribution < -0.4 is 5.32 Å². The molecule has 0 aromatic carbocycles. The van der Waals surface area contributed by atoms with Crippen LogP contribution in [0, 0.1) is 0 Å². The van der Waals surface area contributed by atoms with Gasteiger partial charge in [-0.15, -0.1) is 11.3 Å². The van der Waals surface area contributed by atoms with Gasteiger partial charge in [0.25, 0.3) is 0 Å². The van der Waals surface area contributed by atoms with Crippen LogP contribution in [-0.4, -0.2) is 37.5 Å². The lowest BCUT2D eigenvalue weighted by Crippen LogP contribution is -2.18. The van der Waals surface area contributed by atoms with Gasteiger partial charge in [0.15, 0.2) is 0 Å². The fourth-order valence-corrected chi connectivity index (χ4v) is 2.13. The number of alkyl halides is 3. The molecule has 0 unspecified atom stereocenters. The summed E-state index contributed by atoms with van der Waals surface area (Å²) in [6.07, 6.45) is -2.98. The lowest BCUT2D eigenvalue weighted by Gasteiger charge is -2.06. The molecule has 3 nitrogen and oxygen atoms in total. The molecule has 104 valence electrons. The van der Waals surface area contributed by atoms with Crippen molar-refractivity contribution in [3.8, 4) is 0 Å². The molecule has 0 bridgehead atoms. The van der Waals surface area contributed by atoms with Crippen LogP contribution >= 0.6 is 11.3 Å². The largest absolute Gasteiger partial charge is 0.411 e. The Bertz CT molecular complexity index is 341. The highest BCUT2D eigenvalue weighted by atomic mass is 32.1. The molecule has 0 aliphatic carbocycles. The van der Waals surface area contributed by atoms with Gasteiger partial charge >= 0.3 is 6.18 Å². The fourth-order valence-electron chi connectivity index (χ4n) is 1.32. The maximum atomic E-state index is 11.8. The Balaban J connectivity index is 2.19. The first-order valence-electron chi connectivity index (χ1n) is 5.79. The highest BCUT2D eigenvalue weighted by Gasteiger charge is 2.27. The van der Waals surface area contributed by atoms with Gasteiger partial charge in [-0.2, -0.15) is 13.2 Å². The van der Waals surface area contributed by atoms with Crippen molar-refractivity contribution in [1.82, 2.24) is 10.3 Å². The first kappa shape index (κ1) is 15.4. The number of nitrogens with zero attached hydrogens (tertiary/aromatic N) is 1. The number of nitrogens with one attached hydrogen (secondary N) is 1. The van der Waals surface area contributed by atoms with Gasteiger partial charge < -0.3 is 10.1 Å². The smallest absolute Gasteiger partial charge is 0.372 e. The second-order valence-corrected chi connectivity index (χ2v) is 4.70. The summed E-state index contributed by atoms with van der Waals surface area (Å²) in [4.78, 5) is 4.33. The van der Waals surface area contributed by atoms with Crippen LogP contribution in [0.3, 0.4) is 0 Å². The lowest BCUT2D eigenvalue weighted by atomic mass is 10.3. The van der Waals surface area contributed by atoms with E-state index in [1.165, 1.54) is 11.3 Å². The SMILES string of the molecule is CCNCCc1csc(CCOCC(F)(F)F)n1. The van der Waals surface area contributed by atoms with E-state index in [-0.39, 0.29) is 6.61 Å². The van der Waals surface area contributed by atoms with E-state index < -0.39 is 12.8 Å². The van der Waals surface area contributed by atoms with E-state index in [0.717, 1.165) is 30.2 Å². The Kier molecular flexibility index (Phi) is 6.59. The quantitative estimate of drug-likeness (QED) is 0.744. The summed E-state index contributed by atoms with van der Waals surface area (Å²) in [5, 5.41) is 5.95. The number of likely N-dealkylation sites (N-methyl/N-ethyl adjacent to an activating group) is 1. The van der Waals surface area contributed by atoms with Crippen molar-refractivity contribution < 1.29 is 17.9 Å². The van der Waals surface area contributed by atoms with Crippen molar-refractivity contribution in [2.75, 3.05) is 26.3 Å². The molecule has 0 radical (unpaired) electrons. The molecule has 1 aromatic rings. The molecular formula is C11H17F3N2OS. The van der Waals surface area contributed by atoms with Crippen LogP contribution in [0.5, 0.6) is 0 Å². The zero-order valence-corrected chi connectivity index (χ0v) is 11.0. The Morgan fingerprint density at radius 3 is 2.83 bits per heavy atom. The third-order valence-electron chi connectivity index (χ3n) is 2.13. The molecule has 0 saturated carbocycles. The van der Waals surface area contributed by atoms with Crippen molar-refractivity contribution in [2.24, 2.45) is 0 Å². The molecule has 0 saturated heterocycles. The third-order valence-corrected chi connectivity index (χ3v) is 3.09. The van der Waals surface area contributed by atoms with Crippen LogP contribution in [0.1, 0.15) is 17.6 Å². The zero-order chi connectivity index (χ0) is 13.4. The standard InChI is InChI=1S/C11H17F3N2OS/c1-2-15-5-3-9-7-18-10(16-9)4-6-17-8-11(12,13)14/h7,15H,2-6,8H2,1H3. The Morgan fingerprint density at radius 1 is 1.39 bits per heavy atom. The summed E-state index contributed by atoms with van der Waals surface area (Å²) in [7, 11) is 0. The minimum Gasteiger partial charge on any atom is -0.372 e. The van der Waals surface area contributed by atoms with Crippen molar-refractivity contribution >= 4 is 11.3 Å². The maximum Gasteiger partial charge on any atom is 0.411 e. The summed E-state index contributed by atoms with van der Waals surface area (Å²) in [6, 6.07) is 0. The molecule has 0 fully saturated rings. The van der Waals surface area contributed by atoms with Crippen LogP contribution in [0.4, 0.5) is 13.2 Å². The van der Waals surface area contributed by atoms with E-state index >= 15 is 0 Å². The molecule has 0 spiro atoms. The number of halogens is 3. The number of hydrogen-bond donors (Lipinski definition) is 1. The molecule has 1 rings (SSSR count). The molecule has 1 N–H and O–H groups in total. The van der Waals surface area contributed by atoms with Gasteiger partial charge in [-0.1, -0.05) is 6.92 Å². The highest BCUT2D eigenvalue weighted by molar-refractivity contribution is 7.09. The number of hydrogen-bond acceptors (Lipinski definition) is 4. The molecule has 0 aliphatic heterocycles. The summed E-state index contributed by atoms with van der Waals surface area (Å²) < 4.78 is 40.0. The molecule has 7 heteroatoms. The molecule has 18 heavy (non-hydrogen) atoms. The second kappa shape index (κ2) is 7.70. The number of rotatable bonds is 8. The first-order valence-corrected chi connectivity index (χ1v) is 6.67. The third kappa shape index (κ3) is 6.93. The number of thiazole rings is 1. The lowest BCUT2D eigenvalue weighted by molar-refractivity contribution is -0.173. The summed E-state index contributed by atoms with van der Waals surface area (Å²) in [5.74, 6) is 0. The van der Waals surface area contributed by atoms with Gasteiger partial charge in [0.2, 0.25) is 0 Å². The Hall–Kier alpha value is -0.660. The molecule has 0 aliphatic rings. The van der Waals surface area contributed by atoms with Crippen LogP contribution in [0.25, 0.3) is 0 Å². The molecule has 0 amide bonds. The van der Waals surface area contributed by atoms with E-state index in [4.69, 9.17) is 0 Å². The van der Waals surface area contributed by atoms with Crippen molar-refractivity contribution in [3.63, 3.8) is 0 Å². The van der Waals surface area contributed by atoms with Crippen molar-refractivity contribution in [2.45, 2.75) is 25.9 Å². The summed E-state index contributed by atoms with van der Waals surface area (Å²) >= 11 is 1.47. The Labute approximate surface area is 108 Å². The molecule has 0 atom stereocenters. The van der Waals surface area contributed by atoms with Crippen LogP contribution in [0.2, 0.25) is 0 Å². The highest BCUT2D eigenvalue weighted by Crippen LogP contribution is 2.15. The van der Waals surface area contributed by atoms with Gasteiger partial charge in [0, 0.05) is 24.8 Å². The minimum absolute atomic E-state index is 0.0552. The predicted molar refractivity (Wildman–Crippen MR) is 64.9 cm³/mol. The second-order valence-electron chi connectivity index (χ2n) is 3.75. The van der Waals surface area contributed by atoms with Gasteiger partial charge in [-0.25, -0.2) is 4.98 Å².